The minimum absolute atomic E-state index is 0.0317. The van der Waals surface area contributed by atoms with Gasteiger partial charge in [0.2, 0.25) is 11.9 Å². The van der Waals surface area contributed by atoms with Gasteiger partial charge in [-0.15, -0.1) is 0 Å². The van der Waals surface area contributed by atoms with Gasteiger partial charge in [0, 0.05) is 13.2 Å². The van der Waals surface area contributed by atoms with Gasteiger partial charge in [0.25, 0.3) is 0 Å². The third kappa shape index (κ3) is 5.54. The summed E-state index contributed by atoms with van der Waals surface area (Å²) in [5.41, 5.74) is 2.07. The van der Waals surface area contributed by atoms with Crippen LogP contribution in [0.3, 0.4) is 0 Å². The molecule has 1 aromatic rings. The number of hydrazine groups is 1. The van der Waals surface area contributed by atoms with Crippen LogP contribution in [0.4, 0.5) is 11.9 Å². The van der Waals surface area contributed by atoms with Crippen molar-refractivity contribution in [1.82, 2.24) is 15.0 Å². The Kier molecular flexibility index (Phi) is 5.90. The van der Waals surface area contributed by atoms with Crippen molar-refractivity contribution in [3.8, 4) is 6.01 Å². The van der Waals surface area contributed by atoms with Crippen LogP contribution in [-0.4, -0.2) is 39.8 Å². The number of nitrogens with zero attached hydrogens (tertiary/aromatic N) is 3. The molecule has 0 spiro atoms. The predicted molar refractivity (Wildman–Crippen MR) is 77.6 cm³/mol. The molecule has 0 radical (unpaired) electrons. The second kappa shape index (κ2) is 7.20. The highest BCUT2D eigenvalue weighted by Crippen LogP contribution is 2.14. The molecule has 0 saturated carbocycles. The first-order valence-corrected chi connectivity index (χ1v) is 6.63. The minimum atomic E-state index is -0.323. The van der Waals surface area contributed by atoms with Crippen LogP contribution in [0.15, 0.2) is 0 Å². The standard InChI is InChI=1S/C12H24N6O2/c1-6-19-12(4,5)7-14-9-15-10(18-13)17-11(16-9)20-8(2)3/h8H,6-7,13H2,1-5H3,(H2,14,15,16,17,18). The van der Waals surface area contributed by atoms with Crippen molar-refractivity contribution in [2.75, 3.05) is 23.9 Å². The number of hydrogen-bond donors (Lipinski definition) is 3. The Morgan fingerprint density at radius 2 is 1.85 bits per heavy atom. The van der Waals surface area contributed by atoms with Crippen LogP contribution in [0.25, 0.3) is 0 Å². The van der Waals surface area contributed by atoms with E-state index in [0.29, 0.717) is 19.1 Å². The van der Waals surface area contributed by atoms with Crippen molar-refractivity contribution in [3.05, 3.63) is 0 Å². The molecule has 1 heterocycles. The van der Waals surface area contributed by atoms with Gasteiger partial charge in [0.1, 0.15) is 0 Å². The van der Waals surface area contributed by atoms with Gasteiger partial charge in [0.05, 0.1) is 11.7 Å². The minimum Gasteiger partial charge on any atom is -0.461 e. The molecule has 0 unspecified atom stereocenters. The fourth-order valence-corrected chi connectivity index (χ4v) is 1.50. The average molecular weight is 284 g/mol. The number of nitrogens with two attached hydrogens (primary N) is 1. The SMILES string of the molecule is CCOC(C)(C)CNc1nc(NN)nc(OC(C)C)n1. The average Bonchev–Trinajstić information content (AvgIpc) is 2.35. The number of nitrogen functional groups attached to an aromatic ring is 1. The third-order valence-electron chi connectivity index (χ3n) is 2.29. The van der Waals surface area contributed by atoms with Crippen molar-refractivity contribution in [2.24, 2.45) is 5.84 Å². The highest BCUT2D eigenvalue weighted by Gasteiger charge is 2.18. The molecular formula is C12H24N6O2. The number of rotatable bonds is 8. The van der Waals surface area contributed by atoms with E-state index in [2.05, 4.69) is 25.7 Å². The van der Waals surface area contributed by atoms with Crippen molar-refractivity contribution >= 4 is 11.9 Å². The topological polar surface area (TPSA) is 107 Å². The largest absolute Gasteiger partial charge is 0.461 e. The predicted octanol–water partition coefficient (Wildman–Crippen LogP) is 1.17. The summed E-state index contributed by atoms with van der Waals surface area (Å²) < 4.78 is 11.0. The first kappa shape index (κ1) is 16.4. The zero-order valence-corrected chi connectivity index (χ0v) is 12.7. The molecule has 0 atom stereocenters. The van der Waals surface area contributed by atoms with E-state index in [-0.39, 0.29) is 23.7 Å². The lowest BCUT2D eigenvalue weighted by Gasteiger charge is -2.24. The number of nitrogens with one attached hydrogen (secondary N) is 2. The van der Waals surface area contributed by atoms with E-state index >= 15 is 0 Å². The lowest BCUT2D eigenvalue weighted by atomic mass is 10.1. The molecule has 0 aliphatic rings. The lowest BCUT2D eigenvalue weighted by Crippen LogP contribution is -2.34. The molecular weight excluding hydrogens is 260 g/mol. The molecule has 20 heavy (non-hydrogen) atoms. The van der Waals surface area contributed by atoms with Crippen LogP contribution in [0, 0.1) is 0 Å². The van der Waals surface area contributed by atoms with Crippen LogP contribution in [-0.2, 0) is 4.74 Å². The fraction of sp³-hybridized carbons (Fsp3) is 0.750. The molecule has 0 aromatic carbocycles. The van der Waals surface area contributed by atoms with Crippen molar-refractivity contribution < 1.29 is 9.47 Å². The highest BCUT2D eigenvalue weighted by molar-refractivity contribution is 5.35. The molecule has 0 aliphatic carbocycles. The molecule has 8 heteroatoms. The molecule has 0 aliphatic heterocycles. The van der Waals surface area contributed by atoms with E-state index in [0.717, 1.165) is 0 Å². The van der Waals surface area contributed by atoms with Gasteiger partial charge < -0.3 is 14.8 Å². The zero-order valence-electron chi connectivity index (χ0n) is 12.7. The Bertz CT molecular complexity index is 424. The maximum absolute atomic E-state index is 5.60. The number of aromatic nitrogens is 3. The van der Waals surface area contributed by atoms with Gasteiger partial charge in [-0.1, -0.05) is 0 Å². The molecule has 4 N–H and O–H groups in total. The van der Waals surface area contributed by atoms with Gasteiger partial charge in [-0.2, -0.15) is 15.0 Å². The van der Waals surface area contributed by atoms with Crippen molar-refractivity contribution in [3.63, 3.8) is 0 Å². The monoisotopic (exact) mass is 284 g/mol. The van der Waals surface area contributed by atoms with E-state index in [9.17, 15) is 0 Å². The Balaban J connectivity index is 2.78. The third-order valence-corrected chi connectivity index (χ3v) is 2.29. The van der Waals surface area contributed by atoms with Crippen LogP contribution in [0.2, 0.25) is 0 Å². The normalized spacial score (nSPS) is 11.6. The van der Waals surface area contributed by atoms with E-state index in [4.69, 9.17) is 15.3 Å². The number of ether oxygens (including phenoxy) is 2. The quantitative estimate of drug-likeness (QED) is 0.482. The summed E-state index contributed by atoms with van der Waals surface area (Å²) in [6, 6.07) is 0.222. The van der Waals surface area contributed by atoms with Gasteiger partial charge in [-0.05, 0) is 34.6 Å². The van der Waals surface area contributed by atoms with Gasteiger partial charge in [-0.25, -0.2) is 5.84 Å². The van der Waals surface area contributed by atoms with Crippen LogP contribution in [0.1, 0.15) is 34.6 Å². The summed E-state index contributed by atoms with van der Waals surface area (Å²) >= 11 is 0. The van der Waals surface area contributed by atoms with Gasteiger partial charge >= 0.3 is 6.01 Å². The molecule has 0 fully saturated rings. The van der Waals surface area contributed by atoms with Crippen molar-refractivity contribution in [2.45, 2.75) is 46.3 Å². The summed E-state index contributed by atoms with van der Waals surface area (Å²) in [6.07, 6.45) is -0.0317. The second-order valence-electron chi connectivity index (χ2n) is 5.12. The first-order valence-electron chi connectivity index (χ1n) is 6.63. The summed E-state index contributed by atoms with van der Waals surface area (Å²) in [5, 5.41) is 3.10. The summed E-state index contributed by atoms with van der Waals surface area (Å²) in [7, 11) is 0. The summed E-state index contributed by atoms with van der Waals surface area (Å²) in [5.74, 6) is 5.97. The molecule has 0 bridgehead atoms. The molecule has 1 rings (SSSR count). The zero-order chi connectivity index (χ0) is 15.2. The Hall–Kier alpha value is -1.67. The molecule has 0 amide bonds. The lowest BCUT2D eigenvalue weighted by molar-refractivity contribution is 0.000562. The van der Waals surface area contributed by atoms with Gasteiger partial charge in [0.15, 0.2) is 0 Å². The smallest absolute Gasteiger partial charge is 0.323 e. The second-order valence-corrected chi connectivity index (χ2v) is 5.12. The van der Waals surface area contributed by atoms with Crippen LogP contribution < -0.4 is 21.3 Å². The highest BCUT2D eigenvalue weighted by atomic mass is 16.5. The Labute approximate surface area is 119 Å². The molecule has 8 nitrogen and oxygen atoms in total. The van der Waals surface area contributed by atoms with Crippen LogP contribution >= 0.6 is 0 Å². The molecule has 1 aromatic heterocycles. The number of hydrogen-bond acceptors (Lipinski definition) is 8. The van der Waals surface area contributed by atoms with E-state index in [1.165, 1.54) is 0 Å². The Morgan fingerprint density at radius 1 is 1.20 bits per heavy atom. The van der Waals surface area contributed by atoms with E-state index in [1.54, 1.807) is 0 Å². The summed E-state index contributed by atoms with van der Waals surface area (Å²) in [4.78, 5) is 12.3. The van der Waals surface area contributed by atoms with Gasteiger partial charge in [-0.3, -0.25) is 5.43 Å². The van der Waals surface area contributed by atoms with E-state index in [1.807, 2.05) is 34.6 Å². The van der Waals surface area contributed by atoms with Crippen LogP contribution in [0.5, 0.6) is 6.01 Å². The number of anilines is 2. The fourth-order valence-electron chi connectivity index (χ4n) is 1.50. The molecule has 0 saturated heterocycles. The van der Waals surface area contributed by atoms with Crippen molar-refractivity contribution in [1.29, 1.82) is 0 Å². The Morgan fingerprint density at radius 3 is 2.40 bits per heavy atom. The summed E-state index contributed by atoms with van der Waals surface area (Å²) in [6.45, 7) is 10.9. The van der Waals surface area contributed by atoms with E-state index < -0.39 is 0 Å². The maximum Gasteiger partial charge on any atom is 0.323 e. The molecule has 114 valence electrons. The first-order chi connectivity index (χ1) is 9.36. The maximum atomic E-state index is 5.60.